The molecule has 1 amide bonds. The van der Waals surface area contributed by atoms with Gasteiger partial charge in [0.05, 0.1) is 17.5 Å². The lowest BCUT2D eigenvalue weighted by molar-refractivity contribution is 0.0748. The molecule has 0 bridgehead atoms. The number of aromatic amines is 1. The lowest BCUT2D eigenvalue weighted by Gasteiger charge is -2.37. The first kappa shape index (κ1) is 12.9. The fourth-order valence-corrected chi connectivity index (χ4v) is 3.57. The van der Waals surface area contributed by atoms with E-state index in [1.807, 2.05) is 4.90 Å². The molecule has 3 rings (SSSR count). The Morgan fingerprint density at radius 3 is 3.16 bits per heavy atom. The van der Waals surface area contributed by atoms with Gasteiger partial charge in [0.15, 0.2) is 0 Å². The largest absolute Gasteiger partial charge is 0.312 e. The molecule has 102 valence electrons. The van der Waals surface area contributed by atoms with Gasteiger partial charge >= 0.3 is 0 Å². The Labute approximate surface area is 121 Å². The number of amides is 1. The fraction of sp³-hybridized carbons (Fsp3) is 0.571. The van der Waals surface area contributed by atoms with Gasteiger partial charge in [0.2, 0.25) is 0 Å². The summed E-state index contributed by atoms with van der Waals surface area (Å²) in [7, 11) is 0. The molecule has 4 nitrogen and oxygen atoms in total. The molecule has 2 aliphatic rings. The summed E-state index contributed by atoms with van der Waals surface area (Å²) in [5, 5.41) is 7.50. The van der Waals surface area contributed by atoms with Gasteiger partial charge in [-0.1, -0.05) is 22.0 Å². The normalized spacial score (nSPS) is 22.9. The number of allylic oxidation sites excluding steroid dienone is 2. The van der Waals surface area contributed by atoms with Gasteiger partial charge < -0.3 is 4.90 Å². The Morgan fingerprint density at radius 2 is 2.32 bits per heavy atom. The molecule has 1 aromatic rings. The highest BCUT2D eigenvalue weighted by Crippen LogP contribution is 2.35. The number of piperidine rings is 1. The second-order valence-electron chi connectivity index (χ2n) is 5.25. The van der Waals surface area contributed by atoms with Crippen molar-refractivity contribution in [2.24, 2.45) is 5.92 Å². The van der Waals surface area contributed by atoms with Crippen LogP contribution in [0.5, 0.6) is 0 Å². The van der Waals surface area contributed by atoms with Gasteiger partial charge in [-0.15, -0.1) is 0 Å². The molecule has 5 heteroatoms. The van der Waals surface area contributed by atoms with Crippen molar-refractivity contribution in [2.45, 2.75) is 37.4 Å². The van der Waals surface area contributed by atoms with Crippen molar-refractivity contribution in [3.05, 3.63) is 29.2 Å². The number of alkyl halides is 1. The van der Waals surface area contributed by atoms with Crippen LogP contribution >= 0.6 is 15.9 Å². The standard InChI is InChI=1S/C14H18BrN3O/c15-8-12-11(9-16-17-12)14(19)18-7-3-5-10-4-1-2-6-13(10)18/h6,9-10H,1-5,7-8H2,(H,16,17). The molecule has 1 atom stereocenters. The highest BCUT2D eigenvalue weighted by molar-refractivity contribution is 9.08. The zero-order valence-electron chi connectivity index (χ0n) is 10.9. The Hall–Kier alpha value is -1.10. The molecule has 0 saturated carbocycles. The molecule has 1 saturated heterocycles. The number of carbonyl (C=O) groups excluding carboxylic acids is 1. The van der Waals surface area contributed by atoms with E-state index in [4.69, 9.17) is 0 Å². The smallest absolute Gasteiger partial charge is 0.261 e. The SMILES string of the molecule is O=C(c1cn[nH]c1CBr)N1CCCC2CCCC=C21. The Kier molecular flexibility index (Phi) is 3.73. The van der Waals surface area contributed by atoms with E-state index in [-0.39, 0.29) is 5.91 Å². The molecule has 19 heavy (non-hydrogen) atoms. The maximum absolute atomic E-state index is 12.7. The van der Waals surface area contributed by atoms with E-state index in [9.17, 15) is 4.79 Å². The molecule has 1 unspecified atom stereocenters. The van der Waals surface area contributed by atoms with Crippen LogP contribution in [0.3, 0.4) is 0 Å². The van der Waals surface area contributed by atoms with Crippen LogP contribution in [0, 0.1) is 5.92 Å². The summed E-state index contributed by atoms with van der Waals surface area (Å²) in [6.07, 6.45) is 9.83. The van der Waals surface area contributed by atoms with Crippen LogP contribution < -0.4 is 0 Å². The van der Waals surface area contributed by atoms with E-state index in [2.05, 4.69) is 32.2 Å². The second kappa shape index (κ2) is 5.49. The van der Waals surface area contributed by atoms with Gasteiger partial charge in [0.1, 0.15) is 0 Å². The monoisotopic (exact) mass is 323 g/mol. The number of rotatable bonds is 2. The third kappa shape index (κ3) is 2.36. The Bertz CT molecular complexity index is 509. The third-order valence-electron chi connectivity index (χ3n) is 4.10. The van der Waals surface area contributed by atoms with Gasteiger partial charge in [-0.3, -0.25) is 9.89 Å². The van der Waals surface area contributed by atoms with E-state index in [1.165, 1.54) is 25.0 Å². The lowest BCUT2D eigenvalue weighted by Crippen LogP contribution is -2.39. The van der Waals surface area contributed by atoms with Crippen LogP contribution in [0.4, 0.5) is 0 Å². The molecular weight excluding hydrogens is 306 g/mol. The van der Waals surface area contributed by atoms with Crippen LogP contribution in [0.15, 0.2) is 18.0 Å². The maximum atomic E-state index is 12.7. The molecule has 0 radical (unpaired) electrons. The summed E-state index contributed by atoms with van der Waals surface area (Å²) in [4.78, 5) is 14.7. The van der Waals surface area contributed by atoms with Gasteiger partial charge in [0.25, 0.3) is 5.91 Å². The minimum absolute atomic E-state index is 0.0982. The summed E-state index contributed by atoms with van der Waals surface area (Å²) in [6, 6.07) is 0. The minimum atomic E-state index is 0.0982. The van der Waals surface area contributed by atoms with E-state index in [0.717, 1.165) is 25.1 Å². The molecule has 1 aliphatic carbocycles. The Balaban J connectivity index is 1.88. The van der Waals surface area contributed by atoms with Crippen molar-refractivity contribution in [3.8, 4) is 0 Å². The number of likely N-dealkylation sites (tertiary alicyclic amines) is 1. The van der Waals surface area contributed by atoms with Crippen molar-refractivity contribution in [3.63, 3.8) is 0 Å². The first-order valence-electron chi connectivity index (χ1n) is 6.91. The highest BCUT2D eigenvalue weighted by atomic mass is 79.9. The number of fused-ring (bicyclic) bond motifs is 1. The quantitative estimate of drug-likeness (QED) is 0.849. The van der Waals surface area contributed by atoms with Gasteiger partial charge in [-0.05, 0) is 38.0 Å². The number of nitrogens with zero attached hydrogens (tertiary/aromatic N) is 2. The van der Waals surface area contributed by atoms with Gasteiger partial charge in [-0.25, -0.2) is 0 Å². The molecule has 2 heterocycles. The van der Waals surface area contributed by atoms with Crippen molar-refractivity contribution < 1.29 is 4.79 Å². The average molecular weight is 324 g/mol. The summed E-state index contributed by atoms with van der Waals surface area (Å²) in [6.45, 7) is 0.841. The first-order chi connectivity index (χ1) is 9.31. The highest BCUT2D eigenvalue weighted by Gasteiger charge is 2.31. The van der Waals surface area contributed by atoms with Gasteiger partial charge in [0, 0.05) is 17.6 Å². The third-order valence-corrected chi connectivity index (χ3v) is 4.66. The molecule has 1 aliphatic heterocycles. The van der Waals surface area contributed by atoms with Crippen molar-refractivity contribution in [2.75, 3.05) is 6.54 Å². The average Bonchev–Trinajstić information content (AvgIpc) is 2.94. The van der Waals surface area contributed by atoms with Crippen molar-refractivity contribution in [1.82, 2.24) is 15.1 Å². The first-order valence-corrected chi connectivity index (χ1v) is 8.03. The maximum Gasteiger partial charge on any atom is 0.261 e. The number of hydrogen-bond donors (Lipinski definition) is 1. The second-order valence-corrected chi connectivity index (χ2v) is 5.81. The van der Waals surface area contributed by atoms with Crippen LogP contribution in [0.25, 0.3) is 0 Å². The Morgan fingerprint density at radius 1 is 1.47 bits per heavy atom. The summed E-state index contributed by atoms with van der Waals surface area (Å²) in [5.74, 6) is 0.687. The topological polar surface area (TPSA) is 49.0 Å². The zero-order valence-corrected chi connectivity index (χ0v) is 12.4. The van der Waals surface area contributed by atoms with E-state index >= 15 is 0 Å². The summed E-state index contributed by atoms with van der Waals surface area (Å²) in [5.41, 5.74) is 2.82. The van der Waals surface area contributed by atoms with E-state index < -0.39 is 0 Å². The number of halogens is 1. The minimum Gasteiger partial charge on any atom is -0.312 e. The predicted octanol–water partition coefficient (Wildman–Crippen LogP) is 3.22. The zero-order chi connectivity index (χ0) is 13.2. The fourth-order valence-electron chi connectivity index (χ4n) is 3.14. The number of aromatic nitrogens is 2. The molecular formula is C14H18BrN3O. The molecule has 1 N–H and O–H groups in total. The number of nitrogens with one attached hydrogen (secondary N) is 1. The number of H-pyrrole nitrogens is 1. The molecule has 0 spiro atoms. The lowest BCUT2D eigenvalue weighted by atomic mass is 9.84. The molecule has 1 fully saturated rings. The summed E-state index contributed by atoms with van der Waals surface area (Å²) < 4.78 is 0. The van der Waals surface area contributed by atoms with E-state index in [0.29, 0.717) is 16.8 Å². The van der Waals surface area contributed by atoms with Crippen LogP contribution in [-0.4, -0.2) is 27.5 Å². The van der Waals surface area contributed by atoms with Crippen molar-refractivity contribution >= 4 is 21.8 Å². The number of carbonyl (C=O) groups is 1. The molecule has 1 aromatic heterocycles. The van der Waals surface area contributed by atoms with Crippen molar-refractivity contribution in [1.29, 1.82) is 0 Å². The van der Waals surface area contributed by atoms with Gasteiger partial charge in [-0.2, -0.15) is 5.10 Å². The summed E-state index contributed by atoms with van der Waals surface area (Å²) >= 11 is 3.39. The molecule has 0 aromatic carbocycles. The van der Waals surface area contributed by atoms with Crippen LogP contribution in [0.1, 0.15) is 48.2 Å². The van der Waals surface area contributed by atoms with Crippen LogP contribution in [-0.2, 0) is 5.33 Å². The van der Waals surface area contributed by atoms with E-state index in [1.54, 1.807) is 6.20 Å². The van der Waals surface area contributed by atoms with Crippen LogP contribution in [0.2, 0.25) is 0 Å². The predicted molar refractivity (Wildman–Crippen MR) is 76.9 cm³/mol. The number of hydrogen-bond acceptors (Lipinski definition) is 2.